The number of carbonyl (C=O) groups excluding carboxylic acids is 1. The largest absolute Gasteiger partial charge is 0.495 e. The molecule has 8 heteroatoms. The zero-order valence-corrected chi connectivity index (χ0v) is 16.3. The predicted molar refractivity (Wildman–Crippen MR) is 113 cm³/mol. The fraction of sp³-hybridized carbons (Fsp3) is 0.136. The van der Waals surface area contributed by atoms with E-state index in [1.54, 1.807) is 42.9 Å². The summed E-state index contributed by atoms with van der Waals surface area (Å²) < 4.78 is 18.7. The van der Waals surface area contributed by atoms with Gasteiger partial charge in [-0.1, -0.05) is 18.2 Å². The van der Waals surface area contributed by atoms with E-state index in [0.717, 1.165) is 16.8 Å². The SMILES string of the molecule is COc1c(C(=O)NCCc2cnc[nH]2)ccc2[nH]nc(C=Cc3ccc(F)cc3)c12. The number of rotatable bonds is 7. The van der Waals surface area contributed by atoms with Gasteiger partial charge in [0.1, 0.15) is 11.6 Å². The lowest BCUT2D eigenvalue weighted by molar-refractivity contribution is 0.0951. The zero-order valence-electron chi connectivity index (χ0n) is 16.3. The first-order valence-electron chi connectivity index (χ1n) is 9.40. The maximum absolute atomic E-state index is 13.1. The van der Waals surface area contributed by atoms with Crippen LogP contribution >= 0.6 is 0 Å². The predicted octanol–water partition coefficient (Wildman–Crippen LogP) is 3.58. The number of fused-ring (bicyclic) bond motifs is 1. The first kappa shape index (κ1) is 19.4. The van der Waals surface area contributed by atoms with Crippen molar-refractivity contribution in [3.8, 4) is 5.75 Å². The average molecular weight is 405 g/mol. The summed E-state index contributed by atoms with van der Waals surface area (Å²) in [4.78, 5) is 19.7. The fourth-order valence-corrected chi connectivity index (χ4v) is 3.19. The van der Waals surface area contributed by atoms with Crippen LogP contribution in [-0.2, 0) is 6.42 Å². The summed E-state index contributed by atoms with van der Waals surface area (Å²) >= 11 is 0. The monoisotopic (exact) mass is 405 g/mol. The maximum atomic E-state index is 13.1. The van der Waals surface area contributed by atoms with E-state index in [9.17, 15) is 9.18 Å². The standard InChI is InChI=1S/C22H20FN5O2/c1-30-21-17(22(29)25-11-10-16-12-24-13-26-16)7-9-19-20(21)18(27-28-19)8-4-14-2-5-15(23)6-3-14/h2-9,12-13H,10-11H2,1H3,(H,24,26)(H,25,29)(H,27,28). The van der Waals surface area contributed by atoms with Crippen LogP contribution in [0.3, 0.4) is 0 Å². The van der Waals surface area contributed by atoms with Gasteiger partial charge in [0.05, 0.1) is 35.6 Å². The van der Waals surface area contributed by atoms with E-state index in [4.69, 9.17) is 4.74 Å². The van der Waals surface area contributed by atoms with Crippen LogP contribution in [0, 0.1) is 5.82 Å². The van der Waals surface area contributed by atoms with Crippen LogP contribution < -0.4 is 10.1 Å². The number of benzene rings is 2. The van der Waals surface area contributed by atoms with Gasteiger partial charge in [-0.15, -0.1) is 0 Å². The Labute approximate surface area is 172 Å². The van der Waals surface area contributed by atoms with Gasteiger partial charge in [0.2, 0.25) is 0 Å². The van der Waals surface area contributed by atoms with E-state index in [1.165, 1.54) is 19.2 Å². The maximum Gasteiger partial charge on any atom is 0.255 e. The summed E-state index contributed by atoms with van der Waals surface area (Å²) in [5, 5.41) is 10.9. The molecule has 0 aliphatic carbocycles. The van der Waals surface area contributed by atoms with Gasteiger partial charge in [-0.2, -0.15) is 5.10 Å². The molecule has 0 unspecified atom stereocenters. The van der Waals surface area contributed by atoms with Gasteiger partial charge in [0.25, 0.3) is 5.91 Å². The third-order valence-electron chi connectivity index (χ3n) is 4.70. The third kappa shape index (κ3) is 4.07. The lowest BCUT2D eigenvalue weighted by Crippen LogP contribution is -2.26. The molecular weight excluding hydrogens is 385 g/mol. The molecule has 0 saturated heterocycles. The smallest absolute Gasteiger partial charge is 0.255 e. The number of aromatic amines is 2. The van der Waals surface area contributed by atoms with Gasteiger partial charge in [-0.05, 0) is 35.9 Å². The number of ether oxygens (including phenoxy) is 1. The van der Waals surface area contributed by atoms with E-state index < -0.39 is 0 Å². The van der Waals surface area contributed by atoms with Gasteiger partial charge in [0.15, 0.2) is 0 Å². The molecule has 2 aromatic carbocycles. The molecule has 4 aromatic rings. The molecule has 0 aliphatic heterocycles. The summed E-state index contributed by atoms with van der Waals surface area (Å²) in [5.41, 5.74) is 3.57. The van der Waals surface area contributed by atoms with Crippen molar-refractivity contribution < 1.29 is 13.9 Å². The summed E-state index contributed by atoms with van der Waals surface area (Å²) in [6, 6.07) is 9.65. The number of halogens is 1. The highest BCUT2D eigenvalue weighted by Crippen LogP contribution is 2.32. The molecule has 0 saturated carbocycles. The molecule has 0 fully saturated rings. The Kier molecular flexibility index (Phi) is 5.56. The highest BCUT2D eigenvalue weighted by atomic mass is 19.1. The van der Waals surface area contributed by atoms with Gasteiger partial charge < -0.3 is 15.0 Å². The second kappa shape index (κ2) is 8.60. The zero-order chi connectivity index (χ0) is 20.9. The second-order valence-corrected chi connectivity index (χ2v) is 6.65. The van der Waals surface area contributed by atoms with Gasteiger partial charge in [-0.3, -0.25) is 9.89 Å². The van der Waals surface area contributed by atoms with Crippen LogP contribution in [0.4, 0.5) is 4.39 Å². The molecule has 1 amide bonds. The summed E-state index contributed by atoms with van der Waals surface area (Å²) in [7, 11) is 1.52. The Morgan fingerprint density at radius 1 is 1.20 bits per heavy atom. The van der Waals surface area contributed by atoms with E-state index in [0.29, 0.717) is 35.4 Å². The number of methoxy groups -OCH3 is 1. The van der Waals surface area contributed by atoms with Crippen LogP contribution in [-0.4, -0.2) is 39.7 Å². The number of hydrogen-bond acceptors (Lipinski definition) is 4. The molecule has 0 radical (unpaired) electrons. The second-order valence-electron chi connectivity index (χ2n) is 6.65. The van der Waals surface area contributed by atoms with E-state index >= 15 is 0 Å². The van der Waals surface area contributed by atoms with E-state index in [1.807, 2.05) is 6.08 Å². The van der Waals surface area contributed by atoms with Crippen molar-refractivity contribution in [1.29, 1.82) is 0 Å². The van der Waals surface area contributed by atoms with Crippen molar-refractivity contribution >= 4 is 29.0 Å². The molecule has 0 spiro atoms. The highest BCUT2D eigenvalue weighted by Gasteiger charge is 2.18. The topological polar surface area (TPSA) is 95.7 Å². The molecule has 0 atom stereocenters. The lowest BCUT2D eigenvalue weighted by Gasteiger charge is -2.10. The van der Waals surface area contributed by atoms with Crippen LogP contribution in [0.25, 0.3) is 23.1 Å². The first-order valence-corrected chi connectivity index (χ1v) is 9.40. The molecule has 0 bridgehead atoms. The van der Waals surface area contributed by atoms with Crippen molar-refractivity contribution in [2.45, 2.75) is 6.42 Å². The van der Waals surface area contributed by atoms with E-state index in [-0.39, 0.29) is 11.7 Å². The minimum Gasteiger partial charge on any atom is -0.495 e. The Bertz CT molecular complexity index is 1180. The third-order valence-corrected chi connectivity index (χ3v) is 4.70. The van der Waals surface area contributed by atoms with Gasteiger partial charge in [0, 0.05) is 24.9 Å². The molecule has 2 aromatic heterocycles. The van der Waals surface area contributed by atoms with E-state index in [2.05, 4.69) is 25.5 Å². The number of amides is 1. The molecule has 30 heavy (non-hydrogen) atoms. The Balaban J connectivity index is 1.59. The molecule has 4 rings (SSSR count). The molecular formula is C22H20FN5O2. The van der Waals surface area contributed by atoms with Crippen LogP contribution in [0.2, 0.25) is 0 Å². The molecule has 152 valence electrons. The van der Waals surface area contributed by atoms with Crippen LogP contribution in [0.1, 0.15) is 27.3 Å². The summed E-state index contributed by atoms with van der Waals surface area (Å²) in [6.07, 6.45) is 7.60. The normalized spacial score (nSPS) is 11.3. The highest BCUT2D eigenvalue weighted by molar-refractivity contribution is 6.05. The van der Waals surface area contributed by atoms with Crippen molar-refractivity contribution in [3.63, 3.8) is 0 Å². The minimum absolute atomic E-state index is 0.233. The Morgan fingerprint density at radius 3 is 2.77 bits per heavy atom. The fourth-order valence-electron chi connectivity index (χ4n) is 3.19. The van der Waals surface area contributed by atoms with Crippen molar-refractivity contribution in [1.82, 2.24) is 25.5 Å². The molecule has 2 heterocycles. The summed E-state index contributed by atoms with van der Waals surface area (Å²) in [5.74, 6) is -0.0794. The molecule has 7 nitrogen and oxygen atoms in total. The summed E-state index contributed by atoms with van der Waals surface area (Å²) in [6.45, 7) is 0.463. The minimum atomic E-state index is -0.290. The Morgan fingerprint density at radius 2 is 2.03 bits per heavy atom. The Hall–Kier alpha value is -3.94. The number of hydrogen-bond donors (Lipinski definition) is 3. The number of aromatic nitrogens is 4. The van der Waals surface area contributed by atoms with Gasteiger partial charge in [-0.25, -0.2) is 9.37 Å². The number of H-pyrrole nitrogens is 2. The molecule has 3 N–H and O–H groups in total. The average Bonchev–Trinajstić information content (AvgIpc) is 3.42. The number of nitrogens with zero attached hydrogens (tertiary/aromatic N) is 2. The van der Waals surface area contributed by atoms with Crippen molar-refractivity contribution in [2.24, 2.45) is 0 Å². The van der Waals surface area contributed by atoms with Crippen molar-refractivity contribution in [3.05, 3.63) is 77.3 Å². The van der Waals surface area contributed by atoms with Crippen LogP contribution in [0.15, 0.2) is 48.9 Å². The quantitative estimate of drug-likeness (QED) is 0.438. The van der Waals surface area contributed by atoms with Crippen LogP contribution in [0.5, 0.6) is 5.75 Å². The number of nitrogens with one attached hydrogen (secondary N) is 3. The first-order chi connectivity index (χ1) is 14.7. The number of carbonyl (C=O) groups is 1. The van der Waals surface area contributed by atoms with Crippen molar-refractivity contribution in [2.75, 3.05) is 13.7 Å². The van der Waals surface area contributed by atoms with Gasteiger partial charge >= 0.3 is 0 Å². The lowest BCUT2D eigenvalue weighted by atomic mass is 10.1. The number of imidazole rings is 1. The molecule has 0 aliphatic rings.